The van der Waals surface area contributed by atoms with Gasteiger partial charge in [0.1, 0.15) is 0 Å². The molecule has 0 atom stereocenters. The molecule has 0 unspecified atom stereocenters. The highest BCUT2D eigenvalue weighted by atomic mass is 16.1. The molecular weight excluding hydrogens is 152 g/mol. The SMILES string of the molecule is CC(=O)c1ccc(C2N=N2)cc1. The van der Waals surface area contributed by atoms with Crippen molar-refractivity contribution in [1.82, 2.24) is 0 Å². The minimum Gasteiger partial charge on any atom is -0.295 e. The molecule has 0 fully saturated rings. The summed E-state index contributed by atoms with van der Waals surface area (Å²) in [6.45, 7) is 1.56. The third-order valence-corrected chi connectivity index (χ3v) is 1.85. The van der Waals surface area contributed by atoms with E-state index in [0.29, 0.717) is 0 Å². The van der Waals surface area contributed by atoms with Gasteiger partial charge in [-0.25, -0.2) is 0 Å². The minimum atomic E-state index is 0.0333. The van der Waals surface area contributed by atoms with E-state index < -0.39 is 0 Å². The molecule has 0 saturated carbocycles. The van der Waals surface area contributed by atoms with Crippen LogP contribution < -0.4 is 0 Å². The van der Waals surface area contributed by atoms with Crippen molar-refractivity contribution in [3.05, 3.63) is 35.4 Å². The molecule has 1 heterocycles. The summed E-state index contributed by atoms with van der Waals surface area (Å²) in [5.74, 6) is 0.0891. The Bertz CT molecular complexity index is 334. The van der Waals surface area contributed by atoms with Crippen molar-refractivity contribution in [3.8, 4) is 0 Å². The molecule has 0 radical (unpaired) electrons. The van der Waals surface area contributed by atoms with Gasteiger partial charge < -0.3 is 0 Å². The fraction of sp³-hybridized carbons (Fsp3) is 0.222. The smallest absolute Gasteiger partial charge is 0.206 e. The summed E-state index contributed by atoms with van der Waals surface area (Å²) in [6, 6.07) is 7.39. The second-order valence-corrected chi connectivity index (χ2v) is 2.78. The topological polar surface area (TPSA) is 41.8 Å². The molecule has 0 N–H and O–H groups in total. The maximum atomic E-state index is 10.9. The molecule has 1 aliphatic rings. The van der Waals surface area contributed by atoms with Gasteiger partial charge in [-0.1, -0.05) is 24.3 Å². The predicted octanol–water partition coefficient (Wildman–Crippen LogP) is 2.35. The van der Waals surface area contributed by atoms with E-state index in [1.54, 1.807) is 19.1 Å². The molecule has 12 heavy (non-hydrogen) atoms. The molecule has 1 aromatic rings. The summed E-state index contributed by atoms with van der Waals surface area (Å²) in [6.07, 6.45) is 0.0333. The monoisotopic (exact) mass is 160 g/mol. The number of carbonyl (C=O) groups is 1. The van der Waals surface area contributed by atoms with Gasteiger partial charge in [-0.15, -0.1) is 0 Å². The quantitative estimate of drug-likeness (QED) is 0.612. The van der Waals surface area contributed by atoms with Gasteiger partial charge in [-0.3, -0.25) is 4.79 Å². The lowest BCUT2D eigenvalue weighted by Crippen LogP contribution is -1.91. The molecule has 1 aliphatic heterocycles. The van der Waals surface area contributed by atoms with Crippen molar-refractivity contribution >= 4 is 5.78 Å². The third kappa shape index (κ3) is 1.25. The average molecular weight is 160 g/mol. The molecular formula is C9H8N2O. The molecule has 3 nitrogen and oxygen atoms in total. The first-order chi connectivity index (χ1) is 5.77. The van der Waals surface area contributed by atoms with Gasteiger partial charge in [0.05, 0.1) is 0 Å². The van der Waals surface area contributed by atoms with Crippen molar-refractivity contribution in [3.63, 3.8) is 0 Å². The van der Waals surface area contributed by atoms with E-state index in [9.17, 15) is 4.79 Å². The maximum absolute atomic E-state index is 10.9. The predicted molar refractivity (Wildman–Crippen MR) is 44.0 cm³/mol. The van der Waals surface area contributed by atoms with Crippen molar-refractivity contribution in [1.29, 1.82) is 0 Å². The molecule has 1 aromatic carbocycles. The van der Waals surface area contributed by atoms with Crippen LogP contribution in [0.25, 0.3) is 0 Å². The van der Waals surface area contributed by atoms with Crippen molar-refractivity contribution in [2.75, 3.05) is 0 Å². The highest BCUT2D eigenvalue weighted by Gasteiger charge is 2.17. The summed E-state index contributed by atoms with van der Waals surface area (Å²) in [7, 11) is 0. The summed E-state index contributed by atoms with van der Waals surface area (Å²) in [5.41, 5.74) is 1.79. The highest BCUT2D eigenvalue weighted by Crippen LogP contribution is 2.30. The fourth-order valence-corrected chi connectivity index (χ4v) is 1.06. The Balaban J connectivity index is 2.24. The van der Waals surface area contributed by atoms with Crippen LogP contribution in [0.4, 0.5) is 0 Å². The van der Waals surface area contributed by atoms with E-state index in [-0.39, 0.29) is 11.9 Å². The fourth-order valence-electron chi connectivity index (χ4n) is 1.06. The van der Waals surface area contributed by atoms with Gasteiger partial charge in [-0.05, 0) is 6.92 Å². The standard InChI is InChI=1S/C9H8N2O/c1-6(12)7-2-4-8(5-3-7)9-10-11-9/h2-5,9H,1H3. The first-order valence-corrected chi connectivity index (χ1v) is 3.78. The van der Waals surface area contributed by atoms with Crippen LogP contribution >= 0.6 is 0 Å². The van der Waals surface area contributed by atoms with E-state index in [0.717, 1.165) is 11.1 Å². The number of hydrogen-bond acceptors (Lipinski definition) is 3. The Labute approximate surface area is 70.1 Å². The Morgan fingerprint density at radius 3 is 2.25 bits per heavy atom. The number of benzene rings is 1. The van der Waals surface area contributed by atoms with Gasteiger partial charge in [-0.2, -0.15) is 10.2 Å². The number of ketones is 1. The van der Waals surface area contributed by atoms with Gasteiger partial charge in [0.15, 0.2) is 5.78 Å². The van der Waals surface area contributed by atoms with Crippen LogP contribution in [0.2, 0.25) is 0 Å². The molecule has 60 valence electrons. The molecule has 0 aromatic heterocycles. The minimum absolute atomic E-state index is 0.0333. The van der Waals surface area contributed by atoms with Crippen LogP contribution in [0, 0.1) is 0 Å². The van der Waals surface area contributed by atoms with Crippen LogP contribution in [-0.4, -0.2) is 5.78 Å². The van der Waals surface area contributed by atoms with Gasteiger partial charge in [0, 0.05) is 11.1 Å². The largest absolute Gasteiger partial charge is 0.295 e. The maximum Gasteiger partial charge on any atom is 0.206 e. The summed E-state index contributed by atoms with van der Waals surface area (Å²) < 4.78 is 0. The van der Waals surface area contributed by atoms with E-state index in [1.807, 2.05) is 12.1 Å². The number of nitrogens with zero attached hydrogens (tertiary/aromatic N) is 2. The van der Waals surface area contributed by atoms with E-state index in [2.05, 4.69) is 10.2 Å². The molecule has 3 heteroatoms. The van der Waals surface area contributed by atoms with Gasteiger partial charge in [0.25, 0.3) is 0 Å². The second-order valence-electron chi connectivity index (χ2n) is 2.78. The van der Waals surface area contributed by atoms with Gasteiger partial charge in [0.2, 0.25) is 6.17 Å². The average Bonchev–Trinajstić information content (AvgIpc) is 2.87. The molecule has 0 aliphatic carbocycles. The van der Waals surface area contributed by atoms with Gasteiger partial charge >= 0.3 is 0 Å². The Kier molecular flexibility index (Phi) is 1.50. The molecule has 0 bridgehead atoms. The van der Waals surface area contributed by atoms with Crippen LogP contribution in [0.3, 0.4) is 0 Å². The number of rotatable bonds is 2. The summed E-state index contributed by atoms with van der Waals surface area (Å²) >= 11 is 0. The first kappa shape index (κ1) is 7.16. The zero-order valence-electron chi connectivity index (χ0n) is 6.69. The van der Waals surface area contributed by atoms with Crippen LogP contribution in [0.15, 0.2) is 34.5 Å². The normalized spacial score (nSPS) is 14.8. The van der Waals surface area contributed by atoms with Crippen LogP contribution in [-0.2, 0) is 0 Å². The van der Waals surface area contributed by atoms with E-state index >= 15 is 0 Å². The van der Waals surface area contributed by atoms with Crippen LogP contribution in [0.1, 0.15) is 29.0 Å². The molecule has 2 rings (SSSR count). The molecule has 0 spiro atoms. The van der Waals surface area contributed by atoms with E-state index in [1.165, 1.54) is 0 Å². The third-order valence-electron chi connectivity index (χ3n) is 1.85. The van der Waals surface area contributed by atoms with Crippen molar-refractivity contribution < 1.29 is 4.79 Å². The van der Waals surface area contributed by atoms with Crippen LogP contribution in [0.5, 0.6) is 0 Å². The first-order valence-electron chi connectivity index (χ1n) is 3.78. The van der Waals surface area contributed by atoms with E-state index in [4.69, 9.17) is 0 Å². The van der Waals surface area contributed by atoms with Crippen molar-refractivity contribution in [2.24, 2.45) is 10.2 Å². The summed E-state index contributed by atoms with van der Waals surface area (Å²) in [5, 5.41) is 7.57. The molecule has 0 amide bonds. The highest BCUT2D eigenvalue weighted by molar-refractivity contribution is 5.94. The van der Waals surface area contributed by atoms with Crippen molar-refractivity contribution in [2.45, 2.75) is 13.1 Å². The Morgan fingerprint density at radius 1 is 1.25 bits per heavy atom. The Morgan fingerprint density at radius 2 is 1.83 bits per heavy atom. The second kappa shape index (κ2) is 2.52. The zero-order valence-corrected chi connectivity index (χ0v) is 6.69. The summed E-state index contributed by atoms with van der Waals surface area (Å²) in [4.78, 5) is 10.9. The molecule has 0 saturated heterocycles. The lowest BCUT2D eigenvalue weighted by Gasteiger charge is -1.96. The number of carbonyl (C=O) groups excluding carboxylic acids is 1. The number of hydrogen-bond donors (Lipinski definition) is 0. The zero-order chi connectivity index (χ0) is 8.55. The lowest BCUT2D eigenvalue weighted by atomic mass is 10.1. The number of Topliss-reactive ketones (excluding diaryl/α,β-unsaturated/α-hetero) is 1. The lowest BCUT2D eigenvalue weighted by molar-refractivity contribution is 0.101. The Hall–Kier alpha value is -1.51.